The summed E-state index contributed by atoms with van der Waals surface area (Å²) in [5.41, 5.74) is 5.33. The number of anilines is 4. The molecule has 0 fully saturated rings. The van der Waals surface area contributed by atoms with Crippen molar-refractivity contribution < 1.29 is 18.4 Å². The molecule has 3 aromatic rings. The molecule has 36 heavy (non-hydrogen) atoms. The maximum Gasteiger partial charge on any atom is 0.269 e. The van der Waals surface area contributed by atoms with Gasteiger partial charge in [-0.05, 0) is 54.3 Å². The standard InChI is InChI=1S/C27H29F2N5O2/c1-30-21-7-3-8-23(25(21)32-11-5-13-35)34-12-4-6-17-14-19(20(26(28)29)15-24(17)34)18-9-10-22(33-16-18)27(36)31-2/h3,7-10,13-16,26,30,32H,4-6,11-12H2,1-2H3,(H,31,36). The minimum absolute atomic E-state index is 0.0876. The number of alkyl halides is 2. The molecule has 1 aromatic heterocycles. The predicted molar refractivity (Wildman–Crippen MR) is 139 cm³/mol. The molecule has 0 aliphatic carbocycles. The first-order valence-electron chi connectivity index (χ1n) is 11.9. The summed E-state index contributed by atoms with van der Waals surface area (Å²) in [7, 11) is 3.33. The van der Waals surface area contributed by atoms with E-state index in [9.17, 15) is 18.4 Å². The van der Waals surface area contributed by atoms with E-state index in [-0.39, 0.29) is 17.2 Å². The summed E-state index contributed by atoms with van der Waals surface area (Å²) < 4.78 is 28.6. The van der Waals surface area contributed by atoms with E-state index in [1.165, 1.54) is 19.3 Å². The van der Waals surface area contributed by atoms with Crippen LogP contribution in [0.2, 0.25) is 0 Å². The lowest BCUT2D eigenvalue weighted by atomic mass is 9.92. The third-order valence-electron chi connectivity index (χ3n) is 6.31. The van der Waals surface area contributed by atoms with E-state index in [2.05, 4.69) is 25.8 Å². The van der Waals surface area contributed by atoms with Gasteiger partial charge in [0.2, 0.25) is 0 Å². The first-order chi connectivity index (χ1) is 17.5. The van der Waals surface area contributed by atoms with Gasteiger partial charge in [-0.25, -0.2) is 8.78 Å². The number of aldehydes is 1. The molecule has 1 aliphatic heterocycles. The molecule has 3 N–H and O–H groups in total. The normalized spacial score (nSPS) is 12.8. The number of rotatable bonds is 9. The van der Waals surface area contributed by atoms with Gasteiger partial charge in [-0.2, -0.15) is 0 Å². The Morgan fingerprint density at radius 2 is 2.00 bits per heavy atom. The lowest BCUT2D eigenvalue weighted by Gasteiger charge is -2.34. The Bertz CT molecular complexity index is 1250. The van der Waals surface area contributed by atoms with Crippen LogP contribution in [0.3, 0.4) is 0 Å². The number of pyridine rings is 1. The van der Waals surface area contributed by atoms with Crippen molar-refractivity contribution in [2.75, 3.05) is 42.7 Å². The van der Waals surface area contributed by atoms with Crippen molar-refractivity contribution in [1.29, 1.82) is 0 Å². The van der Waals surface area contributed by atoms with Crippen LogP contribution in [-0.2, 0) is 11.2 Å². The molecule has 0 unspecified atom stereocenters. The first-order valence-corrected chi connectivity index (χ1v) is 11.9. The number of halogens is 2. The second kappa shape index (κ2) is 11.2. The van der Waals surface area contributed by atoms with E-state index in [1.807, 2.05) is 31.3 Å². The van der Waals surface area contributed by atoms with Crippen molar-refractivity contribution in [1.82, 2.24) is 10.3 Å². The number of benzene rings is 2. The van der Waals surface area contributed by atoms with Gasteiger partial charge >= 0.3 is 0 Å². The number of nitrogens with one attached hydrogen (secondary N) is 3. The second-order valence-electron chi connectivity index (χ2n) is 8.47. The van der Waals surface area contributed by atoms with E-state index >= 15 is 0 Å². The molecule has 1 aliphatic rings. The lowest BCUT2D eigenvalue weighted by molar-refractivity contribution is -0.107. The number of para-hydroxylation sites is 1. The van der Waals surface area contributed by atoms with Crippen LogP contribution in [0.15, 0.2) is 48.7 Å². The Labute approximate surface area is 208 Å². The summed E-state index contributed by atoms with van der Waals surface area (Å²) in [5, 5.41) is 9.01. The molecule has 9 heteroatoms. The molecule has 0 bridgehead atoms. The van der Waals surface area contributed by atoms with Crippen molar-refractivity contribution in [2.24, 2.45) is 0 Å². The van der Waals surface area contributed by atoms with Crippen LogP contribution >= 0.6 is 0 Å². The quantitative estimate of drug-likeness (QED) is 0.282. The fraction of sp³-hybridized carbons (Fsp3) is 0.296. The number of nitrogens with zero attached hydrogens (tertiary/aromatic N) is 2. The molecule has 0 atom stereocenters. The Morgan fingerprint density at radius 1 is 1.17 bits per heavy atom. The van der Waals surface area contributed by atoms with E-state index in [4.69, 9.17) is 0 Å². The maximum atomic E-state index is 14.3. The van der Waals surface area contributed by atoms with Crippen LogP contribution in [0.25, 0.3) is 11.1 Å². The molecule has 0 spiro atoms. The highest BCUT2D eigenvalue weighted by molar-refractivity contribution is 5.92. The lowest BCUT2D eigenvalue weighted by Crippen LogP contribution is -2.26. The van der Waals surface area contributed by atoms with Crippen molar-refractivity contribution in [3.63, 3.8) is 0 Å². The van der Waals surface area contributed by atoms with Crippen molar-refractivity contribution in [2.45, 2.75) is 25.7 Å². The second-order valence-corrected chi connectivity index (χ2v) is 8.47. The molecule has 0 saturated carbocycles. The molecular weight excluding hydrogens is 464 g/mol. The zero-order chi connectivity index (χ0) is 25.7. The monoisotopic (exact) mass is 493 g/mol. The van der Waals surface area contributed by atoms with Crippen LogP contribution in [0.5, 0.6) is 0 Å². The van der Waals surface area contributed by atoms with Crippen LogP contribution in [0.1, 0.15) is 40.9 Å². The fourth-order valence-corrected chi connectivity index (χ4v) is 4.56. The summed E-state index contributed by atoms with van der Waals surface area (Å²) in [6, 6.07) is 12.4. The van der Waals surface area contributed by atoms with E-state index in [0.717, 1.165) is 47.4 Å². The molecule has 7 nitrogen and oxygen atoms in total. The Kier molecular flexibility index (Phi) is 7.77. The number of aromatic nitrogens is 1. The summed E-state index contributed by atoms with van der Waals surface area (Å²) >= 11 is 0. The van der Waals surface area contributed by atoms with Gasteiger partial charge in [-0.15, -0.1) is 0 Å². The average molecular weight is 494 g/mol. The highest BCUT2D eigenvalue weighted by atomic mass is 19.3. The first kappa shape index (κ1) is 25.1. The van der Waals surface area contributed by atoms with Crippen LogP contribution in [0.4, 0.5) is 31.5 Å². The Morgan fingerprint density at radius 3 is 2.67 bits per heavy atom. The number of fused-ring (bicyclic) bond motifs is 1. The molecule has 2 aromatic carbocycles. The number of carbonyl (C=O) groups is 2. The van der Waals surface area contributed by atoms with Crippen LogP contribution < -0.4 is 20.9 Å². The summed E-state index contributed by atoms with van der Waals surface area (Å²) in [5.74, 6) is -0.335. The molecule has 4 rings (SSSR count). The molecule has 188 valence electrons. The highest BCUT2D eigenvalue weighted by Crippen LogP contribution is 2.44. The Balaban J connectivity index is 1.79. The van der Waals surface area contributed by atoms with Crippen LogP contribution in [0, 0.1) is 0 Å². The summed E-state index contributed by atoms with van der Waals surface area (Å²) in [6.45, 7) is 1.14. The Hall–Kier alpha value is -4.01. The maximum absolute atomic E-state index is 14.3. The SMILES string of the molecule is CNC(=O)c1ccc(-c2cc3c(cc2C(F)F)N(c2cccc(NC)c2NCCC=O)CCC3)cn1. The zero-order valence-corrected chi connectivity index (χ0v) is 20.3. The molecular formula is C27H29F2N5O2. The van der Waals surface area contributed by atoms with Gasteiger partial charge in [0.15, 0.2) is 0 Å². The van der Waals surface area contributed by atoms with E-state index in [0.29, 0.717) is 30.6 Å². The topological polar surface area (TPSA) is 86.4 Å². The minimum Gasteiger partial charge on any atom is -0.386 e. The minimum atomic E-state index is -2.69. The van der Waals surface area contributed by atoms with Gasteiger partial charge in [0.25, 0.3) is 12.3 Å². The summed E-state index contributed by atoms with van der Waals surface area (Å²) in [4.78, 5) is 28.9. The highest BCUT2D eigenvalue weighted by Gasteiger charge is 2.26. The number of amides is 1. The van der Waals surface area contributed by atoms with Gasteiger partial charge in [0.1, 0.15) is 12.0 Å². The molecule has 0 saturated heterocycles. The van der Waals surface area contributed by atoms with Gasteiger partial charge in [-0.3, -0.25) is 9.78 Å². The van der Waals surface area contributed by atoms with E-state index < -0.39 is 6.43 Å². The van der Waals surface area contributed by atoms with Crippen molar-refractivity contribution >= 4 is 34.9 Å². The zero-order valence-electron chi connectivity index (χ0n) is 20.3. The van der Waals surface area contributed by atoms with Gasteiger partial charge in [0.05, 0.1) is 17.1 Å². The van der Waals surface area contributed by atoms with E-state index in [1.54, 1.807) is 12.1 Å². The third-order valence-corrected chi connectivity index (χ3v) is 6.31. The summed E-state index contributed by atoms with van der Waals surface area (Å²) in [6.07, 6.45) is 1.60. The van der Waals surface area contributed by atoms with Gasteiger partial charge < -0.3 is 25.6 Å². The smallest absolute Gasteiger partial charge is 0.269 e. The largest absolute Gasteiger partial charge is 0.386 e. The van der Waals surface area contributed by atoms with Crippen molar-refractivity contribution in [3.8, 4) is 11.1 Å². The predicted octanol–water partition coefficient (Wildman–Crippen LogP) is 5.17. The molecule has 2 heterocycles. The van der Waals surface area contributed by atoms with Crippen molar-refractivity contribution in [3.05, 3.63) is 65.5 Å². The molecule has 1 amide bonds. The average Bonchev–Trinajstić information content (AvgIpc) is 2.91. The van der Waals surface area contributed by atoms with Gasteiger partial charge in [0, 0.05) is 56.6 Å². The number of carbonyl (C=O) groups excluding carboxylic acids is 2. The number of aryl methyl sites for hydroxylation is 1. The van der Waals surface area contributed by atoms with Crippen LogP contribution in [-0.4, -0.2) is 44.4 Å². The third kappa shape index (κ3) is 5.00. The fourth-order valence-electron chi connectivity index (χ4n) is 4.56. The van der Waals surface area contributed by atoms with Gasteiger partial charge in [-0.1, -0.05) is 12.1 Å². The number of hydrogen-bond acceptors (Lipinski definition) is 6. The number of hydrogen-bond donors (Lipinski definition) is 3. The molecule has 0 radical (unpaired) electrons.